The van der Waals surface area contributed by atoms with Crippen LogP contribution >= 0.6 is 22.7 Å². The summed E-state index contributed by atoms with van der Waals surface area (Å²) in [6.07, 6.45) is 0. The zero-order valence-corrected chi connectivity index (χ0v) is 26.7. The lowest BCUT2D eigenvalue weighted by molar-refractivity contribution is 1.10. The molecule has 3 nitrogen and oxygen atoms in total. The second-order valence-corrected chi connectivity index (χ2v) is 13.9. The molecule has 220 valence electrons. The van der Waals surface area contributed by atoms with E-state index in [1.54, 1.807) is 11.3 Å². The van der Waals surface area contributed by atoms with Gasteiger partial charge in [0.2, 0.25) is 0 Å². The summed E-state index contributed by atoms with van der Waals surface area (Å²) in [4.78, 5) is 11.5. The molecule has 4 aromatic heterocycles. The molecule has 0 unspecified atom stereocenters. The molecule has 0 N–H and O–H groups in total. The Bertz CT molecular complexity index is 2770. The maximum Gasteiger partial charge on any atom is 0.145 e. The van der Waals surface area contributed by atoms with Crippen LogP contribution in [0.2, 0.25) is 0 Å². The molecule has 0 spiro atoms. The molecular weight excluding hydrogens is 611 g/mol. The van der Waals surface area contributed by atoms with Gasteiger partial charge in [0.25, 0.3) is 0 Å². The van der Waals surface area contributed by atoms with Crippen molar-refractivity contribution in [1.29, 1.82) is 0 Å². The topological polar surface area (TPSA) is 30.7 Å². The number of para-hydroxylation sites is 3. The highest BCUT2D eigenvalue weighted by Gasteiger charge is 2.19. The number of fused-ring (bicyclic) bond motifs is 8. The number of imidazole rings is 1. The number of hydrogen-bond donors (Lipinski definition) is 0. The summed E-state index contributed by atoms with van der Waals surface area (Å²) in [7, 11) is 0. The standard InChI is InChI=1S/C42H25N3S2/c1-2-10-30(11-3-1)45-34-15-7-6-14-33(34)43-41(45)29-24-20-27(21-25-29)26-18-22-28(23-19-26)39-40-37(31-12-4-8-16-35(31)46-40)38-32-13-5-9-17-36(32)47-42(38)44-39/h1-25H. The molecule has 0 fully saturated rings. The molecule has 6 aromatic carbocycles. The molecule has 0 aliphatic carbocycles. The van der Waals surface area contributed by atoms with Gasteiger partial charge in [-0.25, -0.2) is 9.97 Å². The highest BCUT2D eigenvalue weighted by Crippen LogP contribution is 2.47. The number of pyridine rings is 1. The third-order valence-electron chi connectivity index (χ3n) is 9.06. The minimum Gasteiger partial charge on any atom is -0.292 e. The maximum atomic E-state index is 5.32. The molecule has 0 aliphatic heterocycles. The Kier molecular flexibility index (Phi) is 5.92. The average Bonchev–Trinajstić information content (AvgIpc) is 3.83. The van der Waals surface area contributed by atoms with E-state index in [-0.39, 0.29) is 0 Å². The van der Waals surface area contributed by atoms with Gasteiger partial charge in [0, 0.05) is 47.8 Å². The average molecular weight is 636 g/mol. The van der Waals surface area contributed by atoms with Crippen molar-refractivity contribution in [1.82, 2.24) is 14.5 Å². The summed E-state index contributed by atoms with van der Waals surface area (Å²) in [6, 6.07) is 53.9. The lowest BCUT2D eigenvalue weighted by atomic mass is 10.00. The fraction of sp³-hybridized carbons (Fsp3) is 0. The number of nitrogens with zero attached hydrogens (tertiary/aromatic N) is 3. The van der Waals surface area contributed by atoms with E-state index in [0.717, 1.165) is 44.2 Å². The van der Waals surface area contributed by atoms with E-state index in [1.807, 2.05) is 23.5 Å². The van der Waals surface area contributed by atoms with Crippen LogP contribution in [0.5, 0.6) is 0 Å². The number of aromatic nitrogens is 3. The number of rotatable bonds is 4. The quantitative estimate of drug-likeness (QED) is 0.193. The molecule has 10 rings (SSSR count). The van der Waals surface area contributed by atoms with Crippen LogP contribution in [0.25, 0.3) is 91.0 Å². The number of thiophene rings is 2. The van der Waals surface area contributed by atoms with Gasteiger partial charge in [-0.15, -0.1) is 22.7 Å². The van der Waals surface area contributed by atoms with Gasteiger partial charge < -0.3 is 0 Å². The van der Waals surface area contributed by atoms with Crippen LogP contribution in [0.15, 0.2) is 152 Å². The van der Waals surface area contributed by atoms with Crippen LogP contribution in [-0.4, -0.2) is 14.5 Å². The molecule has 0 atom stereocenters. The molecule has 47 heavy (non-hydrogen) atoms. The van der Waals surface area contributed by atoms with Crippen LogP contribution in [0.1, 0.15) is 0 Å². The lowest BCUT2D eigenvalue weighted by Crippen LogP contribution is -1.97. The molecule has 0 bridgehead atoms. The predicted octanol–water partition coefficient (Wildman–Crippen LogP) is 12.2. The third-order valence-corrected chi connectivity index (χ3v) is 11.3. The van der Waals surface area contributed by atoms with Crippen LogP contribution in [0, 0.1) is 0 Å². The zero-order chi connectivity index (χ0) is 30.9. The van der Waals surface area contributed by atoms with Crippen molar-refractivity contribution in [3.05, 3.63) is 152 Å². The van der Waals surface area contributed by atoms with Gasteiger partial charge in [-0.1, -0.05) is 115 Å². The van der Waals surface area contributed by atoms with Gasteiger partial charge >= 0.3 is 0 Å². The van der Waals surface area contributed by atoms with Gasteiger partial charge in [0.05, 0.1) is 21.4 Å². The van der Waals surface area contributed by atoms with Crippen molar-refractivity contribution in [3.63, 3.8) is 0 Å². The van der Waals surface area contributed by atoms with E-state index >= 15 is 0 Å². The van der Waals surface area contributed by atoms with E-state index in [9.17, 15) is 0 Å². The number of benzene rings is 6. The first kappa shape index (κ1) is 26.6. The predicted molar refractivity (Wildman–Crippen MR) is 201 cm³/mol. The Labute approximate surface area is 278 Å². The van der Waals surface area contributed by atoms with Crippen molar-refractivity contribution >= 4 is 74.2 Å². The van der Waals surface area contributed by atoms with Crippen molar-refractivity contribution in [3.8, 4) is 39.5 Å². The second kappa shape index (κ2) is 10.5. The fourth-order valence-corrected chi connectivity index (χ4v) is 9.16. The SMILES string of the molecule is c1ccc(-n2c(-c3ccc(-c4ccc(-c5nc6sc7ccccc7c6c6c5sc5ccccc56)cc4)cc3)nc3ccccc32)cc1. The maximum absolute atomic E-state index is 5.32. The molecule has 0 saturated heterocycles. The van der Waals surface area contributed by atoms with E-state index in [2.05, 4.69) is 144 Å². The molecule has 4 heterocycles. The Morgan fingerprint density at radius 3 is 1.77 bits per heavy atom. The van der Waals surface area contributed by atoms with Gasteiger partial charge in [-0.3, -0.25) is 4.57 Å². The zero-order valence-electron chi connectivity index (χ0n) is 25.1. The normalized spacial score (nSPS) is 11.8. The molecular formula is C42H25N3S2. The first-order valence-electron chi connectivity index (χ1n) is 15.7. The lowest BCUT2D eigenvalue weighted by Gasteiger charge is -2.10. The first-order valence-corrected chi connectivity index (χ1v) is 17.3. The van der Waals surface area contributed by atoms with E-state index < -0.39 is 0 Å². The van der Waals surface area contributed by atoms with E-state index in [4.69, 9.17) is 9.97 Å². The van der Waals surface area contributed by atoms with Crippen LogP contribution < -0.4 is 0 Å². The van der Waals surface area contributed by atoms with Crippen LogP contribution in [-0.2, 0) is 0 Å². The largest absolute Gasteiger partial charge is 0.292 e. The van der Waals surface area contributed by atoms with Crippen LogP contribution in [0.3, 0.4) is 0 Å². The van der Waals surface area contributed by atoms with Crippen molar-refractivity contribution in [2.75, 3.05) is 0 Å². The van der Waals surface area contributed by atoms with Crippen molar-refractivity contribution < 1.29 is 0 Å². The molecule has 10 aromatic rings. The Hall–Kier alpha value is -5.62. The molecule has 0 amide bonds. The summed E-state index contributed by atoms with van der Waals surface area (Å²) >= 11 is 3.63. The van der Waals surface area contributed by atoms with E-state index in [0.29, 0.717) is 0 Å². The minimum atomic E-state index is 0.939. The van der Waals surface area contributed by atoms with E-state index in [1.165, 1.54) is 46.8 Å². The number of hydrogen-bond acceptors (Lipinski definition) is 4. The Balaban J connectivity index is 1.06. The van der Waals surface area contributed by atoms with Gasteiger partial charge in [-0.2, -0.15) is 0 Å². The fourth-order valence-electron chi connectivity index (χ4n) is 6.85. The van der Waals surface area contributed by atoms with Crippen molar-refractivity contribution in [2.24, 2.45) is 0 Å². The summed E-state index contributed by atoms with van der Waals surface area (Å²) in [6.45, 7) is 0. The first-order chi connectivity index (χ1) is 23.3. The highest BCUT2D eigenvalue weighted by molar-refractivity contribution is 7.28. The summed E-state index contributed by atoms with van der Waals surface area (Å²) < 4.78 is 6.07. The second-order valence-electron chi connectivity index (χ2n) is 11.8. The molecule has 0 saturated carbocycles. The molecule has 0 radical (unpaired) electrons. The third kappa shape index (κ3) is 4.17. The summed E-state index contributed by atoms with van der Waals surface area (Å²) in [5, 5.41) is 5.20. The highest BCUT2D eigenvalue weighted by atomic mass is 32.1. The Morgan fingerprint density at radius 2 is 1.02 bits per heavy atom. The van der Waals surface area contributed by atoms with Gasteiger partial charge in [0.1, 0.15) is 10.7 Å². The summed E-state index contributed by atoms with van der Waals surface area (Å²) in [5.74, 6) is 0.939. The Morgan fingerprint density at radius 1 is 0.447 bits per heavy atom. The summed E-state index contributed by atoms with van der Waals surface area (Å²) in [5.41, 5.74) is 8.81. The van der Waals surface area contributed by atoms with Gasteiger partial charge in [0.15, 0.2) is 0 Å². The molecule has 5 heteroatoms. The minimum absolute atomic E-state index is 0.939. The molecule has 0 aliphatic rings. The van der Waals surface area contributed by atoms with Crippen LogP contribution in [0.4, 0.5) is 0 Å². The van der Waals surface area contributed by atoms with Gasteiger partial charge in [-0.05, 0) is 47.5 Å². The smallest absolute Gasteiger partial charge is 0.145 e. The monoisotopic (exact) mass is 635 g/mol. The van der Waals surface area contributed by atoms with Crippen molar-refractivity contribution in [2.45, 2.75) is 0 Å².